The standard InChI is InChI=1S/C22H22N2O5S2/c1-3-8-21(25)29-20-15-30-22(23-20)24-31(26,27)19(4-2)16-11-13-18(14-12-16)28-17-9-6-5-7-10-17/h4-7,9-15,19H,2-3,8H2,1H3,(H,23,24). The van der Waals surface area contributed by atoms with Gasteiger partial charge in [0.25, 0.3) is 0 Å². The second kappa shape index (κ2) is 10.2. The van der Waals surface area contributed by atoms with Crippen molar-refractivity contribution >= 4 is 32.5 Å². The van der Waals surface area contributed by atoms with Crippen molar-refractivity contribution in [1.29, 1.82) is 0 Å². The predicted molar refractivity (Wildman–Crippen MR) is 121 cm³/mol. The fourth-order valence-corrected chi connectivity index (χ4v) is 4.88. The van der Waals surface area contributed by atoms with Crippen molar-refractivity contribution in [2.45, 2.75) is 25.0 Å². The number of ether oxygens (including phenoxy) is 2. The zero-order valence-electron chi connectivity index (χ0n) is 16.9. The van der Waals surface area contributed by atoms with Crippen LogP contribution in [0.2, 0.25) is 0 Å². The van der Waals surface area contributed by atoms with Gasteiger partial charge in [0.15, 0.2) is 5.13 Å². The summed E-state index contributed by atoms with van der Waals surface area (Å²) >= 11 is 1.03. The second-order valence-corrected chi connectivity index (χ2v) is 9.16. The van der Waals surface area contributed by atoms with Gasteiger partial charge in [-0.15, -0.1) is 17.9 Å². The van der Waals surface area contributed by atoms with Gasteiger partial charge in [-0.2, -0.15) is 4.98 Å². The third kappa shape index (κ3) is 6.16. The van der Waals surface area contributed by atoms with E-state index >= 15 is 0 Å². The SMILES string of the molecule is C=CC(c1ccc(Oc2ccccc2)cc1)S(=O)(=O)Nc1nc(OC(=O)CCC)cs1. The van der Waals surface area contributed by atoms with E-state index in [4.69, 9.17) is 9.47 Å². The number of hydrogen-bond acceptors (Lipinski definition) is 7. The number of esters is 1. The molecule has 1 heterocycles. The average Bonchev–Trinajstić information content (AvgIpc) is 3.16. The first-order valence-electron chi connectivity index (χ1n) is 9.54. The van der Waals surface area contributed by atoms with Gasteiger partial charge in [0.2, 0.25) is 15.9 Å². The molecule has 0 saturated heterocycles. The molecule has 0 spiro atoms. The van der Waals surface area contributed by atoms with Crippen molar-refractivity contribution in [3.8, 4) is 17.4 Å². The van der Waals surface area contributed by atoms with Crippen molar-refractivity contribution in [3.05, 3.63) is 78.2 Å². The van der Waals surface area contributed by atoms with Crippen molar-refractivity contribution in [2.75, 3.05) is 4.72 Å². The quantitative estimate of drug-likeness (QED) is 0.327. The van der Waals surface area contributed by atoms with E-state index in [1.807, 2.05) is 37.3 Å². The molecule has 0 amide bonds. The number of sulfonamides is 1. The van der Waals surface area contributed by atoms with Crippen molar-refractivity contribution in [2.24, 2.45) is 0 Å². The number of nitrogens with zero attached hydrogens (tertiary/aromatic N) is 1. The molecule has 1 atom stereocenters. The molecule has 3 rings (SSSR count). The molecule has 0 aliphatic carbocycles. The van der Waals surface area contributed by atoms with E-state index < -0.39 is 21.2 Å². The molecule has 162 valence electrons. The van der Waals surface area contributed by atoms with Crippen molar-refractivity contribution in [1.82, 2.24) is 4.98 Å². The topological polar surface area (TPSA) is 94.6 Å². The molecule has 0 aliphatic heterocycles. The summed E-state index contributed by atoms with van der Waals surface area (Å²) in [6.45, 7) is 5.52. The molecule has 9 heteroatoms. The maximum atomic E-state index is 12.9. The van der Waals surface area contributed by atoms with Gasteiger partial charge in [-0.3, -0.25) is 9.52 Å². The van der Waals surface area contributed by atoms with Crippen LogP contribution in [0.5, 0.6) is 17.4 Å². The third-order valence-corrected chi connectivity index (χ3v) is 6.60. The zero-order chi connectivity index (χ0) is 22.3. The largest absolute Gasteiger partial charge is 0.457 e. The molecule has 31 heavy (non-hydrogen) atoms. The van der Waals surface area contributed by atoms with E-state index in [9.17, 15) is 13.2 Å². The lowest BCUT2D eigenvalue weighted by molar-refractivity contribution is -0.134. The van der Waals surface area contributed by atoms with Gasteiger partial charge in [-0.1, -0.05) is 43.3 Å². The first kappa shape index (κ1) is 22.5. The molecule has 2 aromatic carbocycles. The lowest BCUT2D eigenvalue weighted by Crippen LogP contribution is -2.20. The summed E-state index contributed by atoms with van der Waals surface area (Å²) in [5, 5.41) is 0.577. The third-order valence-electron chi connectivity index (χ3n) is 4.12. The fourth-order valence-electron chi connectivity index (χ4n) is 2.70. The molecule has 1 unspecified atom stereocenters. The minimum absolute atomic E-state index is 0.0683. The van der Waals surface area contributed by atoms with Crippen LogP contribution >= 0.6 is 11.3 Å². The maximum absolute atomic E-state index is 12.9. The Bertz CT molecular complexity index is 1130. The number of rotatable bonds is 10. The molecule has 1 aromatic heterocycles. The number of anilines is 1. The van der Waals surface area contributed by atoms with Crippen molar-refractivity contribution in [3.63, 3.8) is 0 Å². The van der Waals surface area contributed by atoms with Crippen LogP contribution in [0.4, 0.5) is 5.13 Å². The van der Waals surface area contributed by atoms with Gasteiger partial charge in [0.1, 0.15) is 16.7 Å². The van der Waals surface area contributed by atoms with Crippen LogP contribution in [-0.2, 0) is 14.8 Å². The average molecular weight is 459 g/mol. The molecular weight excluding hydrogens is 436 g/mol. The number of hydrogen-bond donors (Lipinski definition) is 1. The molecule has 0 bridgehead atoms. The smallest absolute Gasteiger partial charge is 0.312 e. The normalized spacial score (nSPS) is 12.0. The number of benzene rings is 2. The Labute approximate surface area is 185 Å². The molecular formula is C22H22N2O5S2. The summed E-state index contributed by atoms with van der Waals surface area (Å²) in [6.07, 6.45) is 2.25. The monoisotopic (exact) mass is 458 g/mol. The summed E-state index contributed by atoms with van der Waals surface area (Å²) in [6, 6.07) is 16.0. The first-order chi connectivity index (χ1) is 14.9. The van der Waals surface area contributed by atoms with Crippen molar-refractivity contribution < 1.29 is 22.7 Å². The predicted octanol–water partition coefficient (Wildman–Crippen LogP) is 5.31. The number of aromatic nitrogens is 1. The molecule has 0 aliphatic rings. The van der Waals surface area contributed by atoms with Gasteiger partial charge in [0, 0.05) is 6.42 Å². The van der Waals surface area contributed by atoms with E-state index in [-0.39, 0.29) is 17.4 Å². The summed E-state index contributed by atoms with van der Waals surface area (Å²) < 4.78 is 39.0. The summed E-state index contributed by atoms with van der Waals surface area (Å²) in [7, 11) is -3.88. The Morgan fingerprint density at radius 3 is 2.48 bits per heavy atom. The molecule has 0 radical (unpaired) electrons. The molecule has 0 fully saturated rings. The Kier molecular flexibility index (Phi) is 7.43. The van der Waals surface area contributed by atoms with Gasteiger partial charge in [-0.25, -0.2) is 8.42 Å². The van der Waals surface area contributed by atoms with E-state index in [1.54, 1.807) is 24.3 Å². The van der Waals surface area contributed by atoms with Crippen LogP contribution in [0.3, 0.4) is 0 Å². The number of nitrogens with one attached hydrogen (secondary N) is 1. The van der Waals surface area contributed by atoms with Gasteiger partial charge in [-0.05, 0) is 36.2 Å². The zero-order valence-corrected chi connectivity index (χ0v) is 18.5. The lowest BCUT2D eigenvalue weighted by Gasteiger charge is -2.15. The maximum Gasteiger partial charge on any atom is 0.312 e. The fraction of sp³-hybridized carbons (Fsp3) is 0.182. The highest BCUT2D eigenvalue weighted by Crippen LogP contribution is 2.30. The summed E-state index contributed by atoms with van der Waals surface area (Å²) in [5.41, 5.74) is 0.522. The van der Waals surface area contributed by atoms with Crippen LogP contribution in [-0.4, -0.2) is 19.4 Å². The van der Waals surface area contributed by atoms with Crippen LogP contribution in [0.15, 0.2) is 72.6 Å². The Hall–Kier alpha value is -3.17. The Morgan fingerprint density at radius 2 is 1.84 bits per heavy atom. The number of carbonyl (C=O) groups is 1. The molecule has 1 N–H and O–H groups in total. The second-order valence-electron chi connectivity index (χ2n) is 6.50. The van der Waals surface area contributed by atoms with Crippen LogP contribution in [0.25, 0.3) is 0 Å². The van der Waals surface area contributed by atoms with Crippen LogP contribution in [0.1, 0.15) is 30.6 Å². The van der Waals surface area contributed by atoms with E-state index in [2.05, 4.69) is 16.3 Å². The summed E-state index contributed by atoms with van der Waals surface area (Å²) in [4.78, 5) is 15.6. The minimum Gasteiger partial charge on any atom is -0.457 e. The van der Waals surface area contributed by atoms with E-state index in [0.29, 0.717) is 23.5 Å². The van der Waals surface area contributed by atoms with Gasteiger partial charge in [0.05, 0.1) is 5.38 Å². The Balaban J connectivity index is 1.70. The number of para-hydroxylation sites is 1. The number of thiazole rings is 1. The lowest BCUT2D eigenvalue weighted by atomic mass is 10.1. The minimum atomic E-state index is -3.88. The van der Waals surface area contributed by atoms with Crippen LogP contribution in [0, 0.1) is 0 Å². The molecule has 3 aromatic rings. The van der Waals surface area contributed by atoms with Crippen LogP contribution < -0.4 is 14.2 Å². The van der Waals surface area contributed by atoms with Gasteiger partial charge >= 0.3 is 5.97 Å². The Morgan fingerprint density at radius 1 is 1.16 bits per heavy atom. The van der Waals surface area contributed by atoms with E-state index in [0.717, 1.165) is 11.3 Å². The molecule has 0 saturated carbocycles. The number of carbonyl (C=O) groups excluding carboxylic acids is 1. The highest BCUT2D eigenvalue weighted by Gasteiger charge is 2.26. The highest BCUT2D eigenvalue weighted by molar-refractivity contribution is 7.93. The van der Waals surface area contributed by atoms with Gasteiger partial charge < -0.3 is 9.47 Å². The first-order valence-corrected chi connectivity index (χ1v) is 12.0. The highest BCUT2D eigenvalue weighted by atomic mass is 32.2. The summed E-state index contributed by atoms with van der Waals surface area (Å²) in [5.74, 6) is 0.924. The van der Waals surface area contributed by atoms with E-state index in [1.165, 1.54) is 11.5 Å². The molecule has 7 nitrogen and oxygen atoms in total.